The first-order chi connectivity index (χ1) is 6.20. The zero-order valence-electron chi connectivity index (χ0n) is 6.41. The maximum atomic E-state index is 10.7. The van der Waals surface area contributed by atoms with Crippen LogP contribution in [0, 0.1) is 0 Å². The van der Waals surface area contributed by atoms with E-state index in [0.29, 0.717) is 10.1 Å². The minimum Gasteiger partial charge on any atom is -0.478 e. The van der Waals surface area contributed by atoms with E-state index in [-0.39, 0.29) is 5.56 Å². The van der Waals surface area contributed by atoms with Crippen LogP contribution in [0.3, 0.4) is 0 Å². The van der Waals surface area contributed by atoms with Crippen molar-refractivity contribution in [3.8, 4) is 0 Å². The lowest BCUT2D eigenvalue weighted by Gasteiger charge is -1.97. The summed E-state index contributed by atoms with van der Waals surface area (Å²) in [6.45, 7) is 0. The van der Waals surface area contributed by atoms with Crippen LogP contribution in [-0.4, -0.2) is 21.0 Å². The van der Waals surface area contributed by atoms with Gasteiger partial charge in [-0.25, -0.2) is 9.78 Å². The number of hydrogen-bond donors (Lipinski definition) is 2. The summed E-state index contributed by atoms with van der Waals surface area (Å²) in [5.74, 6) is -0.979. The van der Waals surface area contributed by atoms with E-state index < -0.39 is 5.97 Å². The quantitative estimate of drug-likeness (QED) is 0.750. The maximum Gasteiger partial charge on any atom is 0.339 e. The van der Waals surface area contributed by atoms with Gasteiger partial charge >= 0.3 is 5.97 Å². The minimum absolute atomic E-state index is 0.184. The number of carbonyl (C=O) groups is 1. The van der Waals surface area contributed by atoms with Crippen molar-refractivity contribution >= 4 is 32.8 Å². The zero-order chi connectivity index (χ0) is 9.42. The Hall–Kier alpha value is -1.36. The highest BCUT2D eigenvalue weighted by atomic mass is 79.9. The highest BCUT2D eigenvalue weighted by Gasteiger charge is 2.11. The smallest absolute Gasteiger partial charge is 0.339 e. The van der Waals surface area contributed by atoms with Gasteiger partial charge in [0.1, 0.15) is 10.2 Å². The lowest BCUT2D eigenvalue weighted by atomic mass is 10.2. The molecule has 0 bridgehead atoms. The molecule has 5 heteroatoms. The van der Waals surface area contributed by atoms with Crippen molar-refractivity contribution in [3.05, 3.63) is 28.6 Å². The molecule has 2 aromatic rings. The summed E-state index contributed by atoms with van der Waals surface area (Å²) in [6.07, 6.45) is 3.01. The molecule has 0 fully saturated rings. The third-order valence-corrected chi connectivity index (χ3v) is 2.41. The van der Waals surface area contributed by atoms with Gasteiger partial charge in [0.15, 0.2) is 0 Å². The van der Waals surface area contributed by atoms with Crippen molar-refractivity contribution < 1.29 is 9.90 Å². The fourth-order valence-corrected chi connectivity index (χ4v) is 1.61. The van der Waals surface area contributed by atoms with E-state index in [2.05, 4.69) is 25.9 Å². The number of nitrogens with zero attached hydrogens (tertiary/aromatic N) is 1. The number of pyridine rings is 1. The molecule has 2 aromatic heterocycles. The van der Waals surface area contributed by atoms with Crippen LogP contribution >= 0.6 is 15.9 Å². The molecule has 13 heavy (non-hydrogen) atoms. The first-order valence-corrected chi connectivity index (χ1v) is 4.34. The van der Waals surface area contributed by atoms with Crippen molar-refractivity contribution in [2.75, 3.05) is 0 Å². The molecule has 0 saturated heterocycles. The van der Waals surface area contributed by atoms with Gasteiger partial charge < -0.3 is 10.1 Å². The van der Waals surface area contributed by atoms with Crippen molar-refractivity contribution in [1.29, 1.82) is 0 Å². The number of nitrogens with one attached hydrogen (secondary N) is 1. The summed E-state index contributed by atoms with van der Waals surface area (Å²) in [4.78, 5) is 17.5. The van der Waals surface area contributed by atoms with Crippen molar-refractivity contribution in [2.45, 2.75) is 0 Å². The second-order valence-electron chi connectivity index (χ2n) is 2.53. The van der Waals surface area contributed by atoms with E-state index in [1.54, 1.807) is 12.3 Å². The van der Waals surface area contributed by atoms with Gasteiger partial charge in [-0.3, -0.25) is 0 Å². The number of carboxylic acid groups (broad SMARTS) is 1. The molecule has 0 aliphatic rings. The van der Waals surface area contributed by atoms with Crippen LogP contribution in [0.4, 0.5) is 0 Å². The Labute approximate surface area is 81.7 Å². The standard InChI is InChI=1S/C8H5BrN2O2/c9-7-4-1-2-10-6(4)5(3-11-7)8(12)13/h1-3,10H,(H,12,13). The van der Waals surface area contributed by atoms with Gasteiger partial charge in [0.05, 0.1) is 5.52 Å². The van der Waals surface area contributed by atoms with Crippen molar-refractivity contribution in [3.63, 3.8) is 0 Å². The van der Waals surface area contributed by atoms with E-state index in [9.17, 15) is 4.79 Å². The van der Waals surface area contributed by atoms with Gasteiger partial charge in [-0.15, -0.1) is 0 Å². The summed E-state index contributed by atoms with van der Waals surface area (Å²) in [5, 5.41) is 9.59. The maximum absolute atomic E-state index is 10.7. The van der Waals surface area contributed by atoms with Gasteiger partial charge in [-0.2, -0.15) is 0 Å². The molecule has 2 heterocycles. The summed E-state index contributed by atoms with van der Waals surface area (Å²) in [7, 11) is 0. The molecule has 2 N–H and O–H groups in total. The van der Waals surface area contributed by atoms with E-state index in [4.69, 9.17) is 5.11 Å². The molecule has 2 rings (SSSR count). The second kappa shape index (κ2) is 2.85. The molecule has 0 radical (unpaired) electrons. The van der Waals surface area contributed by atoms with Crippen LogP contribution < -0.4 is 0 Å². The summed E-state index contributed by atoms with van der Waals surface area (Å²) >= 11 is 3.24. The monoisotopic (exact) mass is 240 g/mol. The van der Waals surface area contributed by atoms with Gasteiger partial charge in [0, 0.05) is 17.8 Å². The Morgan fingerprint density at radius 2 is 2.38 bits per heavy atom. The Bertz CT molecular complexity index is 478. The average molecular weight is 241 g/mol. The molecule has 0 spiro atoms. The first-order valence-electron chi connectivity index (χ1n) is 3.55. The molecule has 0 atom stereocenters. The molecule has 0 unspecified atom stereocenters. The number of halogens is 1. The molecule has 0 aliphatic heterocycles. The molecule has 0 amide bonds. The van der Waals surface area contributed by atoms with Crippen LogP contribution in [0.25, 0.3) is 10.9 Å². The van der Waals surface area contributed by atoms with E-state index in [1.807, 2.05) is 0 Å². The molecule has 0 saturated carbocycles. The lowest BCUT2D eigenvalue weighted by molar-refractivity contribution is 0.0698. The number of carboxylic acids is 1. The number of rotatable bonds is 1. The molecule has 66 valence electrons. The van der Waals surface area contributed by atoms with Crippen LogP contribution in [0.1, 0.15) is 10.4 Å². The number of hydrogen-bond acceptors (Lipinski definition) is 2. The summed E-state index contributed by atoms with van der Waals surface area (Å²) < 4.78 is 0.647. The number of aromatic nitrogens is 2. The van der Waals surface area contributed by atoms with Crippen molar-refractivity contribution in [2.24, 2.45) is 0 Å². The number of H-pyrrole nitrogens is 1. The average Bonchev–Trinajstić information content (AvgIpc) is 2.53. The largest absolute Gasteiger partial charge is 0.478 e. The summed E-state index contributed by atoms with van der Waals surface area (Å²) in [5.41, 5.74) is 0.776. The minimum atomic E-state index is -0.979. The predicted molar refractivity (Wildman–Crippen MR) is 50.8 cm³/mol. The molecular weight excluding hydrogens is 236 g/mol. The zero-order valence-corrected chi connectivity index (χ0v) is 8.00. The van der Waals surface area contributed by atoms with Gasteiger partial charge in [0.25, 0.3) is 0 Å². The van der Waals surface area contributed by atoms with Gasteiger partial charge in [-0.1, -0.05) is 0 Å². The van der Waals surface area contributed by atoms with E-state index >= 15 is 0 Å². The third-order valence-electron chi connectivity index (χ3n) is 1.78. The lowest BCUT2D eigenvalue weighted by Crippen LogP contribution is -1.98. The fraction of sp³-hybridized carbons (Fsp3) is 0. The third kappa shape index (κ3) is 1.21. The Balaban J connectivity index is 2.86. The van der Waals surface area contributed by atoms with E-state index in [0.717, 1.165) is 5.39 Å². The van der Waals surface area contributed by atoms with Crippen LogP contribution in [-0.2, 0) is 0 Å². The fourth-order valence-electron chi connectivity index (χ4n) is 1.18. The van der Waals surface area contributed by atoms with Gasteiger partial charge in [-0.05, 0) is 22.0 Å². The molecular formula is C8H5BrN2O2. The molecule has 0 aliphatic carbocycles. The number of aromatic amines is 1. The topological polar surface area (TPSA) is 66.0 Å². The highest BCUT2D eigenvalue weighted by Crippen LogP contribution is 2.23. The Morgan fingerprint density at radius 1 is 1.62 bits per heavy atom. The normalized spacial score (nSPS) is 10.5. The highest BCUT2D eigenvalue weighted by molar-refractivity contribution is 9.10. The summed E-state index contributed by atoms with van der Waals surface area (Å²) in [6, 6.07) is 1.78. The van der Waals surface area contributed by atoms with E-state index in [1.165, 1.54) is 6.20 Å². The second-order valence-corrected chi connectivity index (χ2v) is 3.29. The Kier molecular flexibility index (Phi) is 1.81. The SMILES string of the molecule is O=C(O)c1cnc(Br)c2cc[nH]c12. The van der Waals surface area contributed by atoms with Gasteiger partial charge in [0.2, 0.25) is 0 Å². The number of aromatic carboxylic acids is 1. The van der Waals surface area contributed by atoms with Crippen LogP contribution in [0.2, 0.25) is 0 Å². The molecule has 4 nitrogen and oxygen atoms in total. The predicted octanol–water partition coefficient (Wildman–Crippen LogP) is 2.02. The Morgan fingerprint density at radius 3 is 3.08 bits per heavy atom. The van der Waals surface area contributed by atoms with Crippen LogP contribution in [0.5, 0.6) is 0 Å². The molecule has 0 aromatic carbocycles. The van der Waals surface area contributed by atoms with Crippen LogP contribution in [0.15, 0.2) is 23.1 Å². The van der Waals surface area contributed by atoms with Crippen molar-refractivity contribution in [1.82, 2.24) is 9.97 Å². The first kappa shape index (κ1) is 8.25. The number of fused-ring (bicyclic) bond motifs is 1.